The Kier molecular flexibility index (Phi) is 3.88. The van der Waals surface area contributed by atoms with Crippen molar-refractivity contribution in [1.82, 2.24) is 0 Å². The van der Waals surface area contributed by atoms with Crippen molar-refractivity contribution in [2.24, 2.45) is 5.73 Å². The van der Waals surface area contributed by atoms with E-state index in [9.17, 15) is 4.79 Å². The van der Waals surface area contributed by atoms with Gasteiger partial charge in [-0.15, -0.1) is 0 Å². The maximum absolute atomic E-state index is 10.3. The van der Waals surface area contributed by atoms with Crippen molar-refractivity contribution in [1.29, 1.82) is 0 Å². The summed E-state index contributed by atoms with van der Waals surface area (Å²) < 4.78 is 0. The molecule has 1 fully saturated rings. The standard InChI is InChI=1S/C8H15NO2S/c9-7(8(10)11)4-5-12-6-2-1-3-6/h6-7H,1-5,9H2,(H,10,11)/t7-/m0/s1. The molecule has 70 valence electrons. The Morgan fingerprint density at radius 1 is 1.67 bits per heavy atom. The minimum absolute atomic E-state index is 0.594. The number of carboxylic acid groups (broad SMARTS) is 1. The molecule has 0 aromatic rings. The average Bonchev–Trinajstić information content (AvgIpc) is 1.93. The van der Waals surface area contributed by atoms with Crippen LogP contribution in [0.25, 0.3) is 0 Å². The number of carboxylic acids is 1. The predicted octanol–water partition coefficient (Wildman–Crippen LogP) is 1.07. The van der Waals surface area contributed by atoms with Crippen molar-refractivity contribution in [3.63, 3.8) is 0 Å². The molecule has 0 bridgehead atoms. The summed E-state index contributed by atoms with van der Waals surface area (Å²) in [5, 5.41) is 9.27. The molecule has 0 radical (unpaired) electrons. The third-order valence-electron chi connectivity index (χ3n) is 2.15. The minimum Gasteiger partial charge on any atom is -0.480 e. The van der Waals surface area contributed by atoms with Crippen LogP contribution in [0.3, 0.4) is 0 Å². The van der Waals surface area contributed by atoms with Crippen molar-refractivity contribution < 1.29 is 9.90 Å². The summed E-state index contributed by atoms with van der Waals surface area (Å²) in [6.07, 6.45) is 4.53. The van der Waals surface area contributed by atoms with Crippen molar-refractivity contribution in [3.8, 4) is 0 Å². The van der Waals surface area contributed by atoms with E-state index >= 15 is 0 Å². The summed E-state index contributed by atoms with van der Waals surface area (Å²) in [6.45, 7) is 0. The molecule has 0 spiro atoms. The lowest BCUT2D eigenvalue weighted by atomic mass is 10.0. The molecule has 0 saturated heterocycles. The van der Waals surface area contributed by atoms with Crippen LogP contribution in [0.5, 0.6) is 0 Å². The van der Waals surface area contributed by atoms with Gasteiger partial charge in [-0.2, -0.15) is 11.8 Å². The highest BCUT2D eigenvalue weighted by atomic mass is 32.2. The van der Waals surface area contributed by atoms with Gasteiger partial charge >= 0.3 is 5.97 Å². The molecule has 0 aromatic carbocycles. The normalized spacial score (nSPS) is 20.1. The van der Waals surface area contributed by atoms with Gasteiger partial charge in [0.25, 0.3) is 0 Å². The summed E-state index contributed by atoms with van der Waals surface area (Å²) >= 11 is 1.87. The molecule has 3 nitrogen and oxygen atoms in total. The molecule has 1 aliphatic carbocycles. The van der Waals surface area contributed by atoms with E-state index in [1.807, 2.05) is 11.8 Å². The monoisotopic (exact) mass is 189 g/mol. The van der Waals surface area contributed by atoms with Gasteiger partial charge in [0.2, 0.25) is 0 Å². The molecule has 3 N–H and O–H groups in total. The second-order valence-corrected chi connectivity index (χ2v) is 4.57. The lowest BCUT2D eigenvalue weighted by Gasteiger charge is -2.24. The molecular formula is C8H15NO2S. The third kappa shape index (κ3) is 3.03. The summed E-state index contributed by atoms with van der Waals surface area (Å²) in [4.78, 5) is 10.3. The second-order valence-electron chi connectivity index (χ2n) is 3.16. The molecule has 1 aliphatic rings. The average molecular weight is 189 g/mol. The molecule has 0 unspecified atom stereocenters. The molecule has 4 heteroatoms. The SMILES string of the molecule is N[C@@H](CCSC1CCC1)C(=O)O. The third-order valence-corrected chi connectivity index (χ3v) is 3.57. The molecule has 0 aromatic heterocycles. The number of nitrogens with two attached hydrogens (primary N) is 1. The van der Waals surface area contributed by atoms with Crippen LogP contribution in [0, 0.1) is 0 Å². The molecule has 0 heterocycles. The second kappa shape index (κ2) is 4.72. The first-order chi connectivity index (χ1) is 5.70. The van der Waals surface area contributed by atoms with Gasteiger partial charge in [-0.05, 0) is 25.0 Å². The number of hydrogen-bond donors (Lipinski definition) is 2. The molecule has 1 saturated carbocycles. The van der Waals surface area contributed by atoms with Crippen LogP contribution in [0.15, 0.2) is 0 Å². The van der Waals surface area contributed by atoms with E-state index in [1.165, 1.54) is 19.3 Å². The number of rotatable bonds is 5. The van der Waals surface area contributed by atoms with E-state index in [0.29, 0.717) is 6.42 Å². The van der Waals surface area contributed by atoms with Crippen LogP contribution in [0.1, 0.15) is 25.7 Å². The van der Waals surface area contributed by atoms with Gasteiger partial charge in [0.15, 0.2) is 0 Å². The van der Waals surface area contributed by atoms with Crippen molar-refractivity contribution in [3.05, 3.63) is 0 Å². The Hall–Kier alpha value is -0.220. The van der Waals surface area contributed by atoms with E-state index < -0.39 is 12.0 Å². The van der Waals surface area contributed by atoms with E-state index in [4.69, 9.17) is 10.8 Å². The molecule has 12 heavy (non-hydrogen) atoms. The van der Waals surface area contributed by atoms with Crippen LogP contribution in [-0.4, -0.2) is 28.1 Å². The van der Waals surface area contributed by atoms with Crippen LogP contribution in [0.2, 0.25) is 0 Å². The van der Waals surface area contributed by atoms with Crippen LogP contribution in [-0.2, 0) is 4.79 Å². The summed E-state index contributed by atoms with van der Waals surface area (Å²) in [5.74, 6) is 0.00205. The Morgan fingerprint density at radius 2 is 2.33 bits per heavy atom. The minimum atomic E-state index is -0.885. The summed E-state index contributed by atoms with van der Waals surface area (Å²) in [6, 6.07) is -0.669. The predicted molar refractivity (Wildman–Crippen MR) is 50.3 cm³/mol. The highest BCUT2D eigenvalue weighted by Crippen LogP contribution is 2.31. The molecule has 0 aliphatic heterocycles. The van der Waals surface area contributed by atoms with E-state index in [2.05, 4.69) is 0 Å². The maximum atomic E-state index is 10.3. The van der Waals surface area contributed by atoms with Gasteiger partial charge in [0.05, 0.1) is 0 Å². The number of hydrogen-bond acceptors (Lipinski definition) is 3. The highest BCUT2D eigenvalue weighted by molar-refractivity contribution is 7.99. The van der Waals surface area contributed by atoms with Gasteiger partial charge in [0, 0.05) is 5.25 Å². The maximum Gasteiger partial charge on any atom is 0.320 e. The van der Waals surface area contributed by atoms with Crippen LogP contribution in [0.4, 0.5) is 0 Å². The Labute approximate surface area is 76.7 Å². The van der Waals surface area contributed by atoms with E-state index in [-0.39, 0.29) is 0 Å². The number of aliphatic carboxylic acids is 1. The first-order valence-corrected chi connectivity index (χ1v) is 5.35. The Bertz CT molecular complexity index is 159. The fourth-order valence-corrected chi connectivity index (χ4v) is 2.41. The molecular weight excluding hydrogens is 174 g/mol. The van der Waals surface area contributed by atoms with Gasteiger partial charge < -0.3 is 10.8 Å². The van der Waals surface area contributed by atoms with Gasteiger partial charge in [-0.25, -0.2) is 0 Å². The topological polar surface area (TPSA) is 63.3 Å². The highest BCUT2D eigenvalue weighted by Gasteiger charge is 2.18. The summed E-state index contributed by atoms with van der Waals surface area (Å²) in [5.41, 5.74) is 5.35. The zero-order valence-electron chi connectivity index (χ0n) is 7.03. The van der Waals surface area contributed by atoms with Gasteiger partial charge in [-0.3, -0.25) is 4.79 Å². The number of carbonyl (C=O) groups is 1. The first-order valence-electron chi connectivity index (χ1n) is 4.30. The lowest BCUT2D eigenvalue weighted by Crippen LogP contribution is -2.30. The smallest absolute Gasteiger partial charge is 0.320 e. The van der Waals surface area contributed by atoms with Crippen molar-refractivity contribution in [2.45, 2.75) is 37.0 Å². The zero-order valence-corrected chi connectivity index (χ0v) is 7.85. The fraction of sp³-hybridized carbons (Fsp3) is 0.875. The van der Waals surface area contributed by atoms with E-state index in [1.54, 1.807) is 0 Å². The molecule has 1 rings (SSSR count). The van der Waals surface area contributed by atoms with Crippen LogP contribution >= 0.6 is 11.8 Å². The van der Waals surface area contributed by atoms with E-state index in [0.717, 1.165) is 11.0 Å². The van der Waals surface area contributed by atoms with Gasteiger partial charge in [0.1, 0.15) is 6.04 Å². The van der Waals surface area contributed by atoms with Crippen LogP contribution < -0.4 is 5.73 Å². The number of thioether (sulfide) groups is 1. The van der Waals surface area contributed by atoms with Crippen molar-refractivity contribution >= 4 is 17.7 Å². The Balaban J connectivity index is 1.97. The lowest BCUT2D eigenvalue weighted by molar-refractivity contribution is -0.138. The summed E-state index contributed by atoms with van der Waals surface area (Å²) in [7, 11) is 0. The molecule has 0 amide bonds. The molecule has 1 atom stereocenters. The van der Waals surface area contributed by atoms with Gasteiger partial charge in [-0.1, -0.05) is 6.42 Å². The quantitative estimate of drug-likeness (QED) is 0.679. The zero-order chi connectivity index (χ0) is 8.97. The largest absolute Gasteiger partial charge is 0.480 e. The fourth-order valence-electron chi connectivity index (χ4n) is 1.02. The Morgan fingerprint density at radius 3 is 2.75 bits per heavy atom. The first kappa shape index (κ1) is 9.86. The van der Waals surface area contributed by atoms with Crippen molar-refractivity contribution in [2.75, 3.05) is 5.75 Å².